The highest BCUT2D eigenvalue weighted by Gasteiger charge is 2.47. The van der Waals surface area contributed by atoms with Crippen LogP contribution >= 0.6 is 0 Å². The number of alkyl carbamates (subject to hydrolysis) is 1. The molecule has 1 saturated heterocycles. The van der Waals surface area contributed by atoms with Crippen molar-refractivity contribution in [1.82, 2.24) is 20.4 Å². The Labute approximate surface area is 240 Å². The number of nitrogens with zero attached hydrogens (tertiary/aromatic N) is 2. The number of ether oxygens (including phenoxy) is 3. The molecule has 0 radical (unpaired) electrons. The van der Waals surface area contributed by atoms with Crippen molar-refractivity contribution in [3.8, 4) is 0 Å². The van der Waals surface area contributed by atoms with Crippen molar-refractivity contribution in [1.29, 1.82) is 0 Å². The van der Waals surface area contributed by atoms with Gasteiger partial charge in [0.25, 0.3) is 5.91 Å². The van der Waals surface area contributed by atoms with E-state index in [-0.39, 0.29) is 38.6 Å². The summed E-state index contributed by atoms with van der Waals surface area (Å²) in [5.74, 6) is -1.32. The molecular weight excluding hydrogens is 532 g/mol. The number of rotatable bonds is 1. The maximum atomic E-state index is 13.8. The van der Waals surface area contributed by atoms with E-state index in [1.807, 2.05) is 6.07 Å². The lowest BCUT2D eigenvalue weighted by Crippen LogP contribution is -2.57. The number of methoxy groups -OCH3 is 1. The van der Waals surface area contributed by atoms with Gasteiger partial charge in [-0.2, -0.15) is 0 Å². The average Bonchev–Trinajstić information content (AvgIpc) is 3.55. The molecule has 1 fully saturated rings. The fourth-order valence-corrected chi connectivity index (χ4v) is 5.48. The van der Waals surface area contributed by atoms with Gasteiger partial charge in [0, 0.05) is 25.1 Å². The molecule has 4 rings (SSSR count). The second kappa shape index (κ2) is 12.8. The maximum absolute atomic E-state index is 13.8. The summed E-state index contributed by atoms with van der Waals surface area (Å²) in [6.45, 7) is 6.56. The number of nitrogens with one attached hydrogen (secondary N) is 2. The molecule has 41 heavy (non-hydrogen) atoms. The van der Waals surface area contributed by atoms with Crippen LogP contribution in [0.25, 0.3) is 0 Å². The normalized spacial score (nSPS) is 24.8. The molecule has 3 heterocycles. The minimum Gasteiger partial charge on any atom is -0.467 e. The van der Waals surface area contributed by atoms with Crippen LogP contribution in [0, 0.1) is 5.41 Å². The van der Waals surface area contributed by atoms with Crippen molar-refractivity contribution in [2.24, 2.45) is 5.41 Å². The predicted octanol–water partition coefficient (Wildman–Crippen LogP) is 2.73. The number of amides is 4. The average molecular weight is 573 g/mol. The van der Waals surface area contributed by atoms with Crippen LogP contribution in [0.15, 0.2) is 18.2 Å². The van der Waals surface area contributed by atoms with Crippen molar-refractivity contribution in [3.63, 3.8) is 0 Å². The number of cyclic esters (lactones) is 1. The Balaban J connectivity index is 1.57. The van der Waals surface area contributed by atoms with Gasteiger partial charge in [0.1, 0.15) is 18.2 Å². The van der Waals surface area contributed by atoms with E-state index in [9.17, 15) is 24.0 Å². The largest absolute Gasteiger partial charge is 0.467 e. The molecular formula is C29H40N4O8. The topological polar surface area (TPSA) is 144 Å². The van der Waals surface area contributed by atoms with E-state index >= 15 is 0 Å². The molecule has 1 aromatic carbocycles. The Morgan fingerprint density at radius 2 is 1.80 bits per heavy atom. The van der Waals surface area contributed by atoms with Crippen LogP contribution < -0.4 is 10.6 Å². The number of benzene rings is 1. The summed E-state index contributed by atoms with van der Waals surface area (Å²) < 4.78 is 16.1. The standard InChI is InChI=1S/C29H40N4O8/c1-29(2,3)23-25(35)33-16-19(14-22(33)26(36)39-4)41-28(38)32-15-18-10-9-11-20(21(18)17-32)24(34)30-12-7-5-6-8-13-40-27(37)31-23/h9-11,19,22-23H,5-8,12-17H2,1-4H3,(H,30,34)(H,31,37)/t19-,22?,23-/m1/s1. The first-order valence-corrected chi connectivity index (χ1v) is 14.2. The molecule has 224 valence electrons. The first kappa shape index (κ1) is 30.1. The number of carbonyl (C=O) groups is 5. The van der Waals surface area contributed by atoms with Crippen molar-refractivity contribution in [2.45, 2.75) is 84.2 Å². The summed E-state index contributed by atoms with van der Waals surface area (Å²) >= 11 is 0. The van der Waals surface area contributed by atoms with Crippen LogP contribution in [0.2, 0.25) is 0 Å². The highest BCUT2D eigenvalue weighted by atomic mass is 16.6. The molecule has 12 heteroatoms. The lowest BCUT2D eigenvalue weighted by atomic mass is 9.85. The van der Waals surface area contributed by atoms with Gasteiger partial charge < -0.3 is 29.7 Å². The molecule has 1 unspecified atom stereocenters. The number of hydrogen-bond acceptors (Lipinski definition) is 8. The van der Waals surface area contributed by atoms with Crippen LogP contribution in [0.5, 0.6) is 0 Å². The monoisotopic (exact) mass is 572 g/mol. The highest BCUT2D eigenvalue weighted by molar-refractivity contribution is 5.96. The van der Waals surface area contributed by atoms with E-state index in [1.54, 1.807) is 32.9 Å². The van der Waals surface area contributed by atoms with Crippen molar-refractivity contribution < 1.29 is 38.2 Å². The van der Waals surface area contributed by atoms with Crippen molar-refractivity contribution in [2.75, 3.05) is 26.8 Å². The molecule has 4 amide bonds. The molecule has 0 spiro atoms. The maximum Gasteiger partial charge on any atom is 0.410 e. The fourth-order valence-electron chi connectivity index (χ4n) is 5.48. The van der Waals surface area contributed by atoms with E-state index in [2.05, 4.69) is 10.6 Å². The molecule has 0 aliphatic carbocycles. The van der Waals surface area contributed by atoms with Crippen LogP contribution in [-0.2, 0) is 36.9 Å². The summed E-state index contributed by atoms with van der Waals surface area (Å²) in [7, 11) is 1.23. The van der Waals surface area contributed by atoms with Gasteiger partial charge in [0.2, 0.25) is 5.91 Å². The molecule has 3 atom stereocenters. The van der Waals surface area contributed by atoms with Crippen LogP contribution in [0.1, 0.15) is 74.4 Å². The summed E-state index contributed by atoms with van der Waals surface area (Å²) in [6.07, 6.45) is 1.01. The quantitative estimate of drug-likeness (QED) is 0.386. The zero-order chi connectivity index (χ0) is 29.7. The molecule has 0 saturated carbocycles. The Kier molecular flexibility index (Phi) is 9.39. The van der Waals surface area contributed by atoms with Gasteiger partial charge in [-0.3, -0.25) is 14.5 Å². The van der Waals surface area contributed by atoms with Crippen molar-refractivity contribution >= 4 is 30.0 Å². The fraction of sp³-hybridized carbons (Fsp3) is 0.621. The van der Waals surface area contributed by atoms with E-state index < -0.39 is 47.7 Å². The third-order valence-corrected chi connectivity index (χ3v) is 7.74. The molecule has 2 N–H and O–H groups in total. The number of fused-ring (bicyclic) bond motifs is 3. The SMILES string of the molecule is COC(=O)C1C[C@@H]2CN1C(=O)[C@H](C(C)(C)C)NC(=O)OCCCCCCNC(=O)c1cccc3c1CN(C3)C(=O)O2. The van der Waals surface area contributed by atoms with Gasteiger partial charge in [0.15, 0.2) is 0 Å². The minimum absolute atomic E-state index is 0.0396. The van der Waals surface area contributed by atoms with Gasteiger partial charge in [-0.15, -0.1) is 0 Å². The van der Waals surface area contributed by atoms with Gasteiger partial charge >= 0.3 is 18.2 Å². The Bertz CT molecular complexity index is 1180. The lowest BCUT2D eigenvalue weighted by Gasteiger charge is -2.34. The van der Waals surface area contributed by atoms with Crippen LogP contribution in [-0.4, -0.2) is 84.8 Å². The highest BCUT2D eigenvalue weighted by Crippen LogP contribution is 2.30. The minimum atomic E-state index is -0.996. The summed E-state index contributed by atoms with van der Waals surface area (Å²) in [5, 5.41) is 5.63. The van der Waals surface area contributed by atoms with Gasteiger partial charge in [-0.1, -0.05) is 39.3 Å². The predicted molar refractivity (Wildman–Crippen MR) is 147 cm³/mol. The second-order valence-corrected chi connectivity index (χ2v) is 11.8. The van der Waals surface area contributed by atoms with E-state index in [1.165, 1.54) is 16.9 Å². The first-order chi connectivity index (χ1) is 19.5. The van der Waals surface area contributed by atoms with Crippen LogP contribution in [0.4, 0.5) is 9.59 Å². The Morgan fingerprint density at radius 1 is 1.05 bits per heavy atom. The van der Waals surface area contributed by atoms with E-state index in [0.29, 0.717) is 18.5 Å². The zero-order valence-electron chi connectivity index (χ0n) is 24.2. The number of hydrogen-bond donors (Lipinski definition) is 2. The smallest absolute Gasteiger partial charge is 0.410 e. The third-order valence-electron chi connectivity index (χ3n) is 7.74. The molecule has 0 aromatic heterocycles. The lowest BCUT2D eigenvalue weighted by molar-refractivity contribution is -0.152. The summed E-state index contributed by atoms with van der Waals surface area (Å²) in [5.41, 5.74) is 1.46. The molecule has 4 bridgehead atoms. The molecule has 12 nitrogen and oxygen atoms in total. The Morgan fingerprint density at radius 3 is 2.54 bits per heavy atom. The van der Waals surface area contributed by atoms with Crippen molar-refractivity contribution in [3.05, 3.63) is 34.9 Å². The molecule has 1 aromatic rings. The molecule has 3 aliphatic rings. The first-order valence-electron chi connectivity index (χ1n) is 14.2. The van der Waals surface area contributed by atoms with Gasteiger partial charge in [0.05, 0.1) is 26.8 Å². The summed E-state index contributed by atoms with van der Waals surface area (Å²) in [6, 6.07) is 3.45. The van der Waals surface area contributed by atoms with E-state index in [0.717, 1.165) is 30.4 Å². The number of esters is 1. The van der Waals surface area contributed by atoms with Gasteiger partial charge in [-0.05, 0) is 41.9 Å². The molecule has 3 aliphatic heterocycles. The zero-order valence-corrected chi connectivity index (χ0v) is 24.2. The van der Waals surface area contributed by atoms with Crippen LogP contribution in [0.3, 0.4) is 0 Å². The Hall–Kier alpha value is -3.83. The third kappa shape index (κ3) is 7.09. The second-order valence-electron chi connectivity index (χ2n) is 11.8. The number of carbonyl (C=O) groups excluding carboxylic acids is 5. The summed E-state index contributed by atoms with van der Waals surface area (Å²) in [4.78, 5) is 68.0. The van der Waals surface area contributed by atoms with Gasteiger partial charge in [-0.25, -0.2) is 14.4 Å². The van der Waals surface area contributed by atoms with E-state index in [4.69, 9.17) is 14.2 Å².